The number of thiophene rings is 1. The van der Waals surface area contributed by atoms with Gasteiger partial charge in [-0.05, 0) is 22.0 Å². The summed E-state index contributed by atoms with van der Waals surface area (Å²) in [7, 11) is -1.33. The second kappa shape index (κ2) is 2.83. The largest absolute Gasteiger partial charge is 0.499 e. The lowest BCUT2D eigenvalue weighted by Crippen LogP contribution is -2.26. The lowest BCUT2D eigenvalue weighted by atomic mass is 9.90. The Balaban J connectivity index is 2.85. The van der Waals surface area contributed by atoms with E-state index in [1.807, 2.05) is 0 Å². The second-order valence-corrected chi connectivity index (χ2v) is 3.40. The Morgan fingerprint density at radius 2 is 2.22 bits per heavy atom. The molecule has 0 amide bonds. The van der Waals surface area contributed by atoms with E-state index in [9.17, 15) is 0 Å². The van der Waals surface area contributed by atoms with Crippen LogP contribution in [0, 0.1) is 0 Å². The van der Waals surface area contributed by atoms with E-state index in [1.54, 1.807) is 11.4 Å². The molecular weight excluding hydrogens is 203 g/mol. The van der Waals surface area contributed by atoms with Crippen molar-refractivity contribution in [2.24, 2.45) is 0 Å². The molecule has 2 N–H and O–H groups in total. The van der Waals surface area contributed by atoms with Crippen LogP contribution in [0.15, 0.2) is 15.9 Å². The Morgan fingerprint density at radius 1 is 1.56 bits per heavy atom. The predicted octanol–water partition coefficient (Wildman–Crippen LogP) is 0.190. The van der Waals surface area contributed by atoms with Gasteiger partial charge in [0.25, 0.3) is 0 Å². The van der Waals surface area contributed by atoms with E-state index in [1.165, 1.54) is 11.3 Å². The fraction of sp³-hybridized carbons (Fsp3) is 0. The van der Waals surface area contributed by atoms with Gasteiger partial charge in [-0.15, -0.1) is 0 Å². The van der Waals surface area contributed by atoms with Gasteiger partial charge in [0.15, 0.2) is 0 Å². The fourth-order valence-electron chi connectivity index (χ4n) is 0.464. The van der Waals surface area contributed by atoms with Gasteiger partial charge in [0.2, 0.25) is 0 Å². The monoisotopic (exact) mass is 206 g/mol. The normalized spacial score (nSPS) is 9.67. The lowest BCUT2D eigenvalue weighted by molar-refractivity contribution is 0.427. The van der Waals surface area contributed by atoms with Gasteiger partial charge < -0.3 is 10.0 Å². The first kappa shape index (κ1) is 7.27. The molecule has 0 fully saturated rings. The molecule has 2 nitrogen and oxygen atoms in total. The lowest BCUT2D eigenvalue weighted by Gasteiger charge is -1.87. The minimum atomic E-state index is -1.33. The molecule has 0 atom stereocenters. The summed E-state index contributed by atoms with van der Waals surface area (Å²) in [6, 6.07) is 1.68. The van der Waals surface area contributed by atoms with Gasteiger partial charge in [-0.25, -0.2) is 0 Å². The molecule has 1 heterocycles. The molecular formula is C4H4BBrO2S. The summed E-state index contributed by atoms with van der Waals surface area (Å²) in [6.45, 7) is 0. The Morgan fingerprint density at radius 3 is 2.44 bits per heavy atom. The number of hydrogen-bond acceptors (Lipinski definition) is 3. The third-order valence-corrected chi connectivity index (χ3v) is 2.58. The molecule has 0 unspecified atom stereocenters. The highest BCUT2D eigenvalue weighted by Gasteiger charge is 2.12. The van der Waals surface area contributed by atoms with E-state index in [2.05, 4.69) is 15.9 Å². The summed E-state index contributed by atoms with van der Waals surface area (Å²) in [4.78, 5) is 0. The van der Waals surface area contributed by atoms with Crippen LogP contribution in [-0.4, -0.2) is 17.2 Å². The summed E-state index contributed by atoms with van der Waals surface area (Å²) < 4.78 is 1.44. The summed E-state index contributed by atoms with van der Waals surface area (Å²) in [6.07, 6.45) is 0. The summed E-state index contributed by atoms with van der Waals surface area (Å²) >= 11 is 4.50. The highest BCUT2D eigenvalue weighted by atomic mass is 79.9. The van der Waals surface area contributed by atoms with Crippen molar-refractivity contribution in [1.29, 1.82) is 0 Å². The first-order valence-electron chi connectivity index (χ1n) is 2.30. The van der Waals surface area contributed by atoms with Gasteiger partial charge >= 0.3 is 7.12 Å². The van der Waals surface area contributed by atoms with Gasteiger partial charge in [-0.3, -0.25) is 0 Å². The Bertz CT molecular complexity index is 200. The average Bonchev–Trinajstić information content (AvgIpc) is 2.14. The zero-order valence-electron chi connectivity index (χ0n) is 4.41. The standard InChI is InChI=1S/C4H4BBrO2S/c6-3-1-4(5(7)8)9-2-3/h1-2,7-8H. The quantitative estimate of drug-likeness (QED) is 0.645. The van der Waals surface area contributed by atoms with Crippen LogP contribution in [0.2, 0.25) is 0 Å². The number of rotatable bonds is 1. The Labute approximate surface area is 65.4 Å². The van der Waals surface area contributed by atoms with E-state index in [0.29, 0.717) is 4.78 Å². The average molecular weight is 207 g/mol. The first-order chi connectivity index (χ1) is 4.20. The predicted molar refractivity (Wildman–Crippen MR) is 41.8 cm³/mol. The zero-order chi connectivity index (χ0) is 6.85. The van der Waals surface area contributed by atoms with E-state index in [4.69, 9.17) is 10.0 Å². The minimum absolute atomic E-state index is 0.557. The van der Waals surface area contributed by atoms with Crippen molar-refractivity contribution in [3.05, 3.63) is 15.9 Å². The van der Waals surface area contributed by atoms with Crippen LogP contribution >= 0.6 is 27.3 Å². The van der Waals surface area contributed by atoms with Crippen LogP contribution < -0.4 is 4.78 Å². The van der Waals surface area contributed by atoms with E-state index < -0.39 is 7.12 Å². The first-order valence-corrected chi connectivity index (χ1v) is 3.97. The SMILES string of the molecule is OB(O)c1cc(Br)cs1. The van der Waals surface area contributed by atoms with Crippen LogP contribution in [0.5, 0.6) is 0 Å². The van der Waals surface area contributed by atoms with Gasteiger partial charge in [-0.1, -0.05) is 0 Å². The van der Waals surface area contributed by atoms with Crippen molar-refractivity contribution in [1.82, 2.24) is 0 Å². The van der Waals surface area contributed by atoms with Crippen molar-refractivity contribution in [2.45, 2.75) is 0 Å². The highest BCUT2D eigenvalue weighted by Crippen LogP contribution is 2.10. The van der Waals surface area contributed by atoms with Gasteiger partial charge in [-0.2, -0.15) is 11.3 Å². The molecule has 5 heteroatoms. The smallest absolute Gasteiger partial charge is 0.423 e. The van der Waals surface area contributed by atoms with Crippen molar-refractivity contribution < 1.29 is 10.0 Å². The highest BCUT2D eigenvalue weighted by molar-refractivity contribution is 9.10. The molecule has 0 saturated heterocycles. The Kier molecular flexibility index (Phi) is 2.29. The maximum Gasteiger partial charge on any atom is 0.499 e. The molecule has 0 spiro atoms. The minimum Gasteiger partial charge on any atom is -0.423 e. The second-order valence-electron chi connectivity index (χ2n) is 1.54. The number of halogens is 1. The molecule has 9 heavy (non-hydrogen) atoms. The molecule has 0 saturated carbocycles. The van der Waals surface area contributed by atoms with Crippen molar-refractivity contribution in [3.63, 3.8) is 0 Å². The molecule has 0 aliphatic heterocycles. The summed E-state index contributed by atoms with van der Waals surface area (Å²) in [5.41, 5.74) is 0. The third kappa shape index (κ3) is 1.79. The maximum absolute atomic E-state index is 8.58. The fourth-order valence-corrected chi connectivity index (χ4v) is 1.78. The van der Waals surface area contributed by atoms with Crippen LogP contribution in [0.25, 0.3) is 0 Å². The Hall–Kier alpha value is 0.165. The van der Waals surface area contributed by atoms with Crippen LogP contribution in [-0.2, 0) is 0 Å². The molecule has 1 aromatic rings. The van der Waals surface area contributed by atoms with Crippen molar-refractivity contribution in [3.8, 4) is 0 Å². The van der Waals surface area contributed by atoms with Gasteiger partial charge in [0.05, 0.1) is 0 Å². The summed E-state index contributed by atoms with van der Waals surface area (Å²) in [5.74, 6) is 0. The zero-order valence-corrected chi connectivity index (χ0v) is 6.82. The maximum atomic E-state index is 8.58. The molecule has 0 aliphatic rings. The molecule has 0 bridgehead atoms. The van der Waals surface area contributed by atoms with Crippen LogP contribution in [0.1, 0.15) is 0 Å². The van der Waals surface area contributed by atoms with E-state index >= 15 is 0 Å². The topological polar surface area (TPSA) is 40.5 Å². The summed E-state index contributed by atoms with van der Waals surface area (Å²) in [5, 5.41) is 19.0. The third-order valence-electron chi connectivity index (χ3n) is 0.842. The van der Waals surface area contributed by atoms with Gasteiger partial charge in [0.1, 0.15) is 0 Å². The van der Waals surface area contributed by atoms with Crippen molar-refractivity contribution in [2.75, 3.05) is 0 Å². The van der Waals surface area contributed by atoms with Crippen LogP contribution in [0.4, 0.5) is 0 Å². The van der Waals surface area contributed by atoms with E-state index in [-0.39, 0.29) is 0 Å². The van der Waals surface area contributed by atoms with Gasteiger partial charge in [0, 0.05) is 14.6 Å². The molecule has 1 rings (SSSR count). The van der Waals surface area contributed by atoms with E-state index in [0.717, 1.165) is 4.47 Å². The van der Waals surface area contributed by atoms with Crippen molar-refractivity contribution >= 4 is 39.2 Å². The molecule has 48 valence electrons. The number of hydrogen-bond donors (Lipinski definition) is 2. The molecule has 0 aliphatic carbocycles. The van der Waals surface area contributed by atoms with Crippen LogP contribution in [0.3, 0.4) is 0 Å². The molecule has 0 aromatic carbocycles. The molecule has 0 radical (unpaired) electrons. The molecule has 1 aromatic heterocycles.